The van der Waals surface area contributed by atoms with Crippen LogP contribution in [0, 0.1) is 19.8 Å². The highest BCUT2D eigenvalue weighted by atomic mass is 16.5. The van der Waals surface area contributed by atoms with E-state index in [1.807, 2.05) is 51.1 Å². The highest BCUT2D eigenvalue weighted by Gasteiger charge is 2.20. The second-order valence-corrected chi connectivity index (χ2v) is 12.4. The molecule has 0 heterocycles. The van der Waals surface area contributed by atoms with Gasteiger partial charge in [-0.25, -0.2) is 0 Å². The lowest BCUT2D eigenvalue weighted by Gasteiger charge is -2.26. The zero-order chi connectivity index (χ0) is 37.2. The zero-order valence-electron chi connectivity index (χ0n) is 32.5. The van der Waals surface area contributed by atoms with Crippen LogP contribution in [-0.2, 0) is 4.74 Å². The number of benzene rings is 4. The Kier molecular flexibility index (Phi) is 23.2. The van der Waals surface area contributed by atoms with Crippen LogP contribution < -0.4 is 0 Å². The minimum absolute atomic E-state index is 0.0417. The normalized spacial score (nSPS) is 11.1. The first-order chi connectivity index (χ1) is 23.4. The molecule has 0 N–H and O–H groups in total. The summed E-state index contributed by atoms with van der Waals surface area (Å²) in [7, 11) is 1.75. The summed E-state index contributed by atoms with van der Waals surface area (Å²) in [5.41, 5.74) is 8.51. The molecule has 0 saturated carbocycles. The van der Waals surface area contributed by atoms with E-state index in [4.69, 9.17) is 4.74 Å². The number of allylic oxidation sites excluding steroid dienone is 9. The summed E-state index contributed by atoms with van der Waals surface area (Å²) >= 11 is 0. The minimum Gasteiger partial charge on any atom is -0.379 e. The highest BCUT2D eigenvalue weighted by Crippen LogP contribution is 2.25. The molecule has 4 aromatic carbocycles. The smallest absolute Gasteiger partial charge is 0.0645 e. The number of rotatable bonds is 9. The molecule has 0 amide bonds. The molecule has 0 aliphatic carbocycles. The van der Waals surface area contributed by atoms with Gasteiger partial charge in [0, 0.05) is 7.11 Å². The van der Waals surface area contributed by atoms with Crippen LogP contribution in [0.25, 0.3) is 21.9 Å². The van der Waals surface area contributed by atoms with Gasteiger partial charge in [0.25, 0.3) is 0 Å². The fourth-order valence-electron chi connectivity index (χ4n) is 4.10. The Labute approximate surface area is 301 Å². The first kappa shape index (κ1) is 44.5. The van der Waals surface area contributed by atoms with E-state index in [0.29, 0.717) is 5.92 Å². The third-order valence-corrected chi connectivity index (χ3v) is 7.87. The van der Waals surface area contributed by atoms with Gasteiger partial charge in [0.15, 0.2) is 0 Å². The molecule has 0 radical (unpaired) electrons. The van der Waals surface area contributed by atoms with Crippen molar-refractivity contribution in [2.45, 2.75) is 81.3 Å². The Bertz CT molecular complexity index is 1590. The molecular formula is C48H64O. The number of hydrogen-bond acceptors (Lipinski definition) is 1. The van der Waals surface area contributed by atoms with Crippen LogP contribution >= 0.6 is 0 Å². The summed E-state index contributed by atoms with van der Waals surface area (Å²) in [5, 5.41) is 2.48. The van der Waals surface area contributed by atoms with Crippen LogP contribution in [0.1, 0.15) is 84.1 Å². The average Bonchev–Trinajstić information content (AvgIpc) is 3.10. The Morgan fingerprint density at radius 3 is 1.73 bits per heavy atom. The van der Waals surface area contributed by atoms with Crippen molar-refractivity contribution in [3.63, 3.8) is 0 Å². The van der Waals surface area contributed by atoms with Gasteiger partial charge in [0.1, 0.15) is 0 Å². The minimum atomic E-state index is 0.0417. The summed E-state index contributed by atoms with van der Waals surface area (Å²) < 4.78 is 5.20. The lowest BCUT2D eigenvalue weighted by atomic mass is 9.95. The Morgan fingerprint density at radius 1 is 0.755 bits per heavy atom. The van der Waals surface area contributed by atoms with Crippen molar-refractivity contribution in [1.82, 2.24) is 0 Å². The lowest BCUT2D eigenvalue weighted by molar-refractivity contribution is -0.0157. The van der Waals surface area contributed by atoms with E-state index in [0.717, 1.165) is 17.6 Å². The van der Waals surface area contributed by atoms with Gasteiger partial charge in [-0.15, -0.1) is 6.58 Å². The van der Waals surface area contributed by atoms with E-state index in [1.165, 1.54) is 38.6 Å². The first-order valence-electron chi connectivity index (χ1n) is 17.4. The third-order valence-electron chi connectivity index (χ3n) is 7.87. The molecule has 1 heteroatoms. The summed E-state index contributed by atoms with van der Waals surface area (Å²) in [6.07, 6.45) is 13.0. The second kappa shape index (κ2) is 25.5. The van der Waals surface area contributed by atoms with E-state index < -0.39 is 0 Å². The molecule has 0 bridgehead atoms. The Morgan fingerprint density at radius 2 is 1.27 bits per heavy atom. The summed E-state index contributed by atoms with van der Waals surface area (Å²) in [6, 6.07) is 33.9. The van der Waals surface area contributed by atoms with Crippen LogP contribution in [0.3, 0.4) is 0 Å². The molecular weight excluding hydrogens is 593 g/mol. The van der Waals surface area contributed by atoms with Crippen molar-refractivity contribution in [3.05, 3.63) is 181 Å². The van der Waals surface area contributed by atoms with Crippen molar-refractivity contribution in [2.24, 2.45) is 5.92 Å². The van der Waals surface area contributed by atoms with Crippen molar-refractivity contribution < 1.29 is 4.74 Å². The monoisotopic (exact) mass is 656 g/mol. The standard InChI is InChI=1S/C29H28.C7H16O.C7H8.C3H6.C2H6/c1-5-6-7-10-25(19-23(3)26-15-13-22(2)14-16-26)20-24(4)28-18-17-27-11-8-9-12-29(27)21-28;1-6(2)7(3,4)8-5;1-7-5-3-2-4-6-7;1-3-2;1-2/h5-9,11-21H,1,4,10H2,2-3H3;6H,1-5H3;2-6H,1H3;3H,1H2,2H3;1-2H3/b7-6-,23-19+,25-20-;;;;. The van der Waals surface area contributed by atoms with Gasteiger partial charge in [-0.05, 0) is 98.6 Å². The van der Waals surface area contributed by atoms with Crippen molar-refractivity contribution in [1.29, 1.82) is 0 Å². The van der Waals surface area contributed by atoms with Gasteiger partial charge in [0.2, 0.25) is 0 Å². The lowest BCUT2D eigenvalue weighted by Crippen LogP contribution is -2.29. The maximum absolute atomic E-state index is 5.20. The number of aryl methyl sites for hydroxylation is 2. The average molecular weight is 657 g/mol. The molecule has 0 fully saturated rings. The number of methoxy groups -OCH3 is 1. The number of fused-ring (bicyclic) bond motifs is 1. The summed E-state index contributed by atoms with van der Waals surface area (Å²) in [4.78, 5) is 0. The van der Waals surface area contributed by atoms with E-state index in [9.17, 15) is 0 Å². The van der Waals surface area contributed by atoms with Crippen LogP contribution in [0.4, 0.5) is 0 Å². The van der Waals surface area contributed by atoms with Gasteiger partial charge in [0.05, 0.1) is 5.60 Å². The molecule has 0 spiro atoms. The molecule has 0 aliphatic heterocycles. The second-order valence-electron chi connectivity index (χ2n) is 12.4. The molecule has 0 unspecified atom stereocenters. The number of hydrogen-bond donors (Lipinski definition) is 0. The predicted molar refractivity (Wildman–Crippen MR) is 224 cm³/mol. The SMILES string of the molecule is C=C/C=C\CC(=C/C(=C)c1ccc2ccccc2c1)/C=C(\C)c1ccc(C)cc1.C=CC.CC.COC(C)(C)C(C)C.Cc1ccccc1. The largest absolute Gasteiger partial charge is 0.379 e. The Hall–Kier alpha value is -4.46. The van der Waals surface area contributed by atoms with Gasteiger partial charge < -0.3 is 4.74 Å². The fraction of sp³-hybridized carbons (Fsp3) is 0.292. The first-order valence-corrected chi connectivity index (χ1v) is 17.4. The quantitative estimate of drug-likeness (QED) is 0.129. The van der Waals surface area contributed by atoms with Crippen molar-refractivity contribution in [2.75, 3.05) is 7.11 Å². The van der Waals surface area contributed by atoms with Crippen LogP contribution in [0.15, 0.2) is 159 Å². The molecule has 0 aromatic heterocycles. The number of ether oxygens (including phenoxy) is 1. The summed E-state index contributed by atoms with van der Waals surface area (Å²) in [6.45, 7) is 32.2. The van der Waals surface area contributed by atoms with Crippen LogP contribution in [0.2, 0.25) is 0 Å². The molecule has 1 nitrogen and oxygen atoms in total. The van der Waals surface area contributed by atoms with Gasteiger partial charge >= 0.3 is 0 Å². The van der Waals surface area contributed by atoms with Crippen LogP contribution in [-0.4, -0.2) is 12.7 Å². The van der Waals surface area contributed by atoms with Crippen molar-refractivity contribution in [3.8, 4) is 0 Å². The fourth-order valence-corrected chi connectivity index (χ4v) is 4.10. The molecule has 4 aromatic rings. The Balaban J connectivity index is 0.000000937. The molecule has 0 aliphatic rings. The van der Waals surface area contributed by atoms with E-state index in [-0.39, 0.29) is 5.60 Å². The molecule has 262 valence electrons. The molecule has 4 rings (SSSR count). The maximum atomic E-state index is 5.20. The molecule has 0 saturated heterocycles. The predicted octanol–water partition coefficient (Wildman–Crippen LogP) is 14.6. The van der Waals surface area contributed by atoms with E-state index in [1.54, 1.807) is 13.2 Å². The maximum Gasteiger partial charge on any atom is 0.0645 e. The van der Waals surface area contributed by atoms with Crippen molar-refractivity contribution >= 4 is 21.9 Å². The van der Waals surface area contributed by atoms with Gasteiger partial charge in [-0.1, -0.05) is 179 Å². The zero-order valence-corrected chi connectivity index (χ0v) is 32.5. The van der Waals surface area contributed by atoms with Crippen LogP contribution in [0.5, 0.6) is 0 Å². The molecule has 49 heavy (non-hydrogen) atoms. The topological polar surface area (TPSA) is 9.23 Å². The highest BCUT2D eigenvalue weighted by molar-refractivity contribution is 5.87. The van der Waals surface area contributed by atoms with E-state index in [2.05, 4.69) is 165 Å². The van der Waals surface area contributed by atoms with E-state index >= 15 is 0 Å². The molecule has 0 atom stereocenters. The third kappa shape index (κ3) is 18.6. The van der Waals surface area contributed by atoms with Gasteiger partial charge in [-0.3, -0.25) is 0 Å². The van der Waals surface area contributed by atoms with Gasteiger partial charge in [-0.2, -0.15) is 0 Å². The summed E-state index contributed by atoms with van der Waals surface area (Å²) in [5.74, 6) is 0.590.